The van der Waals surface area contributed by atoms with Gasteiger partial charge in [0.15, 0.2) is 9.84 Å². The van der Waals surface area contributed by atoms with Crippen molar-refractivity contribution in [2.75, 3.05) is 35.3 Å². The molecule has 1 aliphatic rings. The van der Waals surface area contributed by atoms with Gasteiger partial charge in [-0.15, -0.1) is 0 Å². The number of anilines is 2. The van der Waals surface area contributed by atoms with Crippen LogP contribution in [-0.2, 0) is 9.84 Å². The number of pyridine rings is 1. The summed E-state index contributed by atoms with van der Waals surface area (Å²) in [6.45, 7) is 2.99. The predicted molar refractivity (Wildman–Crippen MR) is 78.5 cm³/mol. The Morgan fingerprint density at radius 3 is 2.89 bits per heavy atom. The summed E-state index contributed by atoms with van der Waals surface area (Å²) in [5, 5.41) is 3.24. The maximum absolute atomic E-state index is 11.5. The first-order chi connectivity index (χ1) is 9.02. The lowest BCUT2D eigenvalue weighted by Crippen LogP contribution is -2.33. The van der Waals surface area contributed by atoms with E-state index >= 15 is 0 Å². The number of nitrogens with zero attached hydrogens (tertiary/aromatic N) is 2. The van der Waals surface area contributed by atoms with Crippen molar-refractivity contribution in [3.8, 4) is 0 Å². The van der Waals surface area contributed by atoms with Gasteiger partial charge in [0.2, 0.25) is 0 Å². The third-order valence-corrected chi connectivity index (χ3v) is 5.16. The molecule has 6 heteroatoms. The summed E-state index contributed by atoms with van der Waals surface area (Å²) < 4.78 is 23.1. The Morgan fingerprint density at radius 1 is 1.47 bits per heavy atom. The molecule has 1 atom stereocenters. The average Bonchev–Trinajstić information content (AvgIpc) is 2.76. The van der Waals surface area contributed by atoms with Gasteiger partial charge >= 0.3 is 0 Å². The Bertz CT molecular complexity index is 530. The monoisotopic (exact) mass is 283 g/mol. The first-order valence-corrected chi connectivity index (χ1v) is 8.48. The fraction of sp³-hybridized carbons (Fsp3) is 0.615. The van der Waals surface area contributed by atoms with E-state index in [2.05, 4.69) is 17.2 Å². The fourth-order valence-corrected chi connectivity index (χ4v) is 4.01. The summed E-state index contributed by atoms with van der Waals surface area (Å²) in [5.41, 5.74) is 0. The van der Waals surface area contributed by atoms with E-state index in [1.54, 1.807) is 0 Å². The van der Waals surface area contributed by atoms with Crippen LogP contribution >= 0.6 is 0 Å². The topological polar surface area (TPSA) is 62.3 Å². The third-order valence-electron chi connectivity index (χ3n) is 3.41. The fourth-order valence-electron chi connectivity index (χ4n) is 2.24. The second kappa shape index (κ2) is 5.77. The highest BCUT2D eigenvalue weighted by atomic mass is 32.2. The molecule has 19 heavy (non-hydrogen) atoms. The second-order valence-electron chi connectivity index (χ2n) is 4.98. The van der Waals surface area contributed by atoms with E-state index in [0.717, 1.165) is 24.6 Å². The molecule has 1 fully saturated rings. The summed E-state index contributed by atoms with van der Waals surface area (Å²) in [4.78, 5) is 6.50. The molecule has 1 aromatic heterocycles. The maximum Gasteiger partial charge on any atom is 0.152 e. The molecule has 0 spiro atoms. The smallest absolute Gasteiger partial charge is 0.152 e. The van der Waals surface area contributed by atoms with Gasteiger partial charge in [0.1, 0.15) is 11.6 Å². The van der Waals surface area contributed by atoms with Crippen molar-refractivity contribution in [2.45, 2.75) is 25.8 Å². The van der Waals surface area contributed by atoms with E-state index in [0.29, 0.717) is 6.42 Å². The molecule has 2 rings (SSSR count). The molecule has 5 nitrogen and oxygen atoms in total. The zero-order chi connectivity index (χ0) is 13.9. The SMILES string of the molecule is CCCNc1cccc(N(C)C2CCS(=O)(=O)C2)n1. The van der Waals surface area contributed by atoms with Gasteiger partial charge in [-0.25, -0.2) is 13.4 Å². The predicted octanol–water partition coefficient (Wildman–Crippen LogP) is 1.53. The molecule has 1 unspecified atom stereocenters. The first-order valence-electron chi connectivity index (χ1n) is 6.66. The van der Waals surface area contributed by atoms with Gasteiger partial charge < -0.3 is 10.2 Å². The molecule has 0 bridgehead atoms. The third kappa shape index (κ3) is 3.59. The molecule has 0 saturated carbocycles. The summed E-state index contributed by atoms with van der Waals surface area (Å²) in [5.74, 6) is 2.18. The van der Waals surface area contributed by atoms with Crippen LogP contribution in [0.4, 0.5) is 11.6 Å². The minimum absolute atomic E-state index is 0.0407. The normalized spacial score (nSPS) is 21.3. The first kappa shape index (κ1) is 14.1. The van der Waals surface area contributed by atoms with E-state index < -0.39 is 9.84 Å². The van der Waals surface area contributed by atoms with Crippen LogP contribution in [0.1, 0.15) is 19.8 Å². The van der Waals surface area contributed by atoms with E-state index in [4.69, 9.17) is 0 Å². The van der Waals surface area contributed by atoms with E-state index in [9.17, 15) is 8.42 Å². The minimum atomic E-state index is -2.86. The number of rotatable bonds is 5. The van der Waals surface area contributed by atoms with Crippen LogP contribution < -0.4 is 10.2 Å². The standard InChI is InChI=1S/C13H21N3O2S/c1-3-8-14-12-5-4-6-13(15-12)16(2)11-7-9-19(17,18)10-11/h4-6,11H,3,7-10H2,1-2H3,(H,14,15). The Morgan fingerprint density at radius 2 is 2.26 bits per heavy atom. The molecule has 2 heterocycles. The van der Waals surface area contributed by atoms with E-state index in [1.165, 1.54) is 0 Å². The van der Waals surface area contributed by atoms with Crippen molar-refractivity contribution in [3.63, 3.8) is 0 Å². The van der Waals surface area contributed by atoms with Crippen LogP contribution in [0.25, 0.3) is 0 Å². The van der Waals surface area contributed by atoms with Gasteiger partial charge in [-0.05, 0) is 25.0 Å². The molecule has 0 amide bonds. The van der Waals surface area contributed by atoms with Crippen LogP contribution in [0.5, 0.6) is 0 Å². The van der Waals surface area contributed by atoms with Crippen molar-refractivity contribution in [1.29, 1.82) is 0 Å². The molecule has 0 aliphatic carbocycles. The molecule has 1 saturated heterocycles. The molecular weight excluding hydrogens is 262 g/mol. The van der Waals surface area contributed by atoms with Crippen LogP contribution in [0.2, 0.25) is 0 Å². The summed E-state index contributed by atoms with van der Waals surface area (Å²) in [6, 6.07) is 5.83. The number of aromatic nitrogens is 1. The van der Waals surface area contributed by atoms with Crippen molar-refractivity contribution in [3.05, 3.63) is 18.2 Å². The molecule has 1 aliphatic heterocycles. The Hall–Kier alpha value is -1.30. The van der Waals surface area contributed by atoms with Gasteiger partial charge in [0.25, 0.3) is 0 Å². The lowest BCUT2D eigenvalue weighted by molar-refractivity contribution is 0.600. The molecule has 1 aromatic rings. The molecule has 1 N–H and O–H groups in total. The number of hydrogen-bond donors (Lipinski definition) is 1. The van der Waals surface area contributed by atoms with Crippen molar-refractivity contribution >= 4 is 21.5 Å². The molecular formula is C13H21N3O2S. The maximum atomic E-state index is 11.5. The Labute approximate surface area is 114 Å². The lowest BCUT2D eigenvalue weighted by atomic mass is 10.2. The van der Waals surface area contributed by atoms with Gasteiger partial charge in [-0.3, -0.25) is 0 Å². The van der Waals surface area contributed by atoms with Gasteiger partial charge in [0, 0.05) is 19.6 Å². The quantitative estimate of drug-likeness (QED) is 0.888. The van der Waals surface area contributed by atoms with Crippen LogP contribution in [-0.4, -0.2) is 44.5 Å². The highest BCUT2D eigenvalue weighted by Gasteiger charge is 2.31. The zero-order valence-electron chi connectivity index (χ0n) is 11.5. The number of hydrogen-bond acceptors (Lipinski definition) is 5. The highest BCUT2D eigenvalue weighted by molar-refractivity contribution is 7.91. The lowest BCUT2D eigenvalue weighted by Gasteiger charge is -2.24. The Kier molecular flexibility index (Phi) is 4.29. The van der Waals surface area contributed by atoms with Crippen LogP contribution in [0.15, 0.2) is 18.2 Å². The van der Waals surface area contributed by atoms with Crippen molar-refractivity contribution < 1.29 is 8.42 Å². The average molecular weight is 283 g/mol. The summed E-state index contributed by atoms with van der Waals surface area (Å²) >= 11 is 0. The molecule has 0 aromatic carbocycles. The summed E-state index contributed by atoms with van der Waals surface area (Å²) in [7, 11) is -0.944. The van der Waals surface area contributed by atoms with Crippen LogP contribution in [0.3, 0.4) is 0 Å². The van der Waals surface area contributed by atoms with Crippen molar-refractivity contribution in [2.24, 2.45) is 0 Å². The second-order valence-corrected chi connectivity index (χ2v) is 7.20. The van der Waals surface area contributed by atoms with Gasteiger partial charge in [0.05, 0.1) is 11.5 Å². The zero-order valence-corrected chi connectivity index (χ0v) is 12.3. The van der Waals surface area contributed by atoms with Gasteiger partial charge in [-0.2, -0.15) is 0 Å². The van der Waals surface area contributed by atoms with Crippen molar-refractivity contribution in [1.82, 2.24) is 4.98 Å². The largest absolute Gasteiger partial charge is 0.370 e. The molecule has 106 valence electrons. The number of nitrogens with one attached hydrogen (secondary N) is 1. The minimum Gasteiger partial charge on any atom is -0.370 e. The van der Waals surface area contributed by atoms with E-state index in [-0.39, 0.29) is 17.5 Å². The highest BCUT2D eigenvalue weighted by Crippen LogP contribution is 2.22. The van der Waals surface area contributed by atoms with Gasteiger partial charge in [-0.1, -0.05) is 13.0 Å². The van der Waals surface area contributed by atoms with E-state index in [1.807, 2.05) is 30.1 Å². The summed E-state index contributed by atoms with van der Waals surface area (Å²) in [6.07, 6.45) is 1.73. The Balaban J connectivity index is 2.08. The molecule has 0 radical (unpaired) electrons. The number of sulfone groups is 1. The van der Waals surface area contributed by atoms with Crippen LogP contribution in [0, 0.1) is 0 Å².